The summed E-state index contributed by atoms with van der Waals surface area (Å²) in [6, 6.07) is 3.48. The number of nitrogens with one attached hydrogen (secondary N) is 1. The maximum Gasteiger partial charge on any atom is 0.418 e. The Bertz CT molecular complexity index is 413. The molecule has 1 atom stereocenters. The number of anilines is 2. The van der Waals surface area contributed by atoms with Crippen LogP contribution in [0.4, 0.5) is 24.5 Å². The van der Waals surface area contributed by atoms with Crippen LogP contribution in [0.25, 0.3) is 0 Å². The van der Waals surface area contributed by atoms with Crippen molar-refractivity contribution >= 4 is 17.7 Å². The monoisotopic (exact) mass is 246 g/mol. The third-order valence-electron chi connectivity index (χ3n) is 1.88. The summed E-state index contributed by atoms with van der Waals surface area (Å²) in [6.45, 7) is 1.60. The number of halogens is 3. The van der Waals surface area contributed by atoms with E-state index in [2.05, 4.69) is 10.3 Å². The van der Waals surface area contributed by atoms with E-state index in [1.165, 1.54) is 12.1 Å². The average Bonchev–Trinajstić information content (AvgIpc) is 2.18. The smallest absolute Gasteiger partial charge is 0.399 e. The van der Waals surface area contributed by atoms with Gasteiger partial charge in [-0.3, -0.25) is 4.99 Å². The average molecular weight is 246 g/mol. The van der Waals surface area contributed by atoms with Gasteiger partial charge in [-0.05, 0) is 25.1 Å². The molecule has 5 N–H and O–H groups in total. The first-order valence-electron chi connectivity index (χ1n) is 4.81. The normalized spacial score (nSPS) is 13.9. The molecular weight excluding hydrogens is 233 g/mol. The highest BCUT2D eigenvalue weighted by Gasteiger charge is 2.33. The predicted octanol–water partition coefficient (Wildman–Crippen LogP) is 2.03. The molecule has 17 heavy (non-hydrogen) atoms. The van der Waals surface area contributed by atoms with Crippen molar-refractivity contribution in [2.24, 2.45) is 10.7 Å². The van der Waals surface area contributed by atoms with Gasteiger partial charge in [0.2, 0.25) is 0 Å². The summed E-state index contributed by atoms with van der Waals surface area (Å²) >= 11 is 0. The zero-order chi connectivity index (χ0) is 13.1. The highest BCUT2D eigenvalue weighted by molar-refractivity contribution is 5.78. The number of benzene rings is 1. The van der Waals surface area contributed by atoms with Crippen LogP contribution in [0.15, 0.2) is 23.2 Å². The van der Waals surface area contributed by atoms with Gasteiger partial charge in [0.25, 0.3) is 0 Å². The Morgan fingerprint density at radius 1 is 1.41 bits per heavy atom. The highest BCUT2D eigenvalue weighted by Crippen LogP contribution is 2.35. The van der Waals surface area contributed by atoms with Crippen molar-refractivity contribution in [1.29, 1.82) is 0 Å². The van der Waals surface area contributed by atoms with Crippen molar-refractivity contribution in [2.45, 2.75) is 19.3 Å². The van der Waals surface area contributed by atoms with Gasteiger partial charge in [0.15, 0.2) is 0 Å². The number of nitrogens with zero attached hydrogens (tertiary/aromatic N) is 1. The second kappa shape index (κ2) is 5.05. The number of nitrogens with two attached hydrogens (primary N) is 2. The molecule has 0 amide bonds. The van der Waals surface area contributed by atoms with Crippen LogP contribution in [0.1, 0.15) is 12.5 Å². The lowest BCUT2D eigenvalue weighted by Crippen LogP contribution is -2.14. The molecule has 1 rings (SSSR count). The zero-order valence-electron chi connectivity index (χ0n) is 9.12. The first-order valence-corrected chi connectivity index (χ1v) is 4.81. The van der Waals surface area contributed by atoms with Gasteiger partial charge in [-0.1, -0.05) is 0 Å². The number of alkyl halides is 3. The van der Waals surface area contributed by atoms with E-state index in [1.807, 2.05) is 0 Å². The minimum absolute atomic E-state index is 0.0482. The summed E-state index contributed by atoms with van der Waals surface area (Å²) in [7, 11) is 0. The van der Waals surface area contributed by atoms with E-state index in [0.29, 0.717) is 0 Å². The number of hydrogen-bond acceptors (Lipinski definition) is 3. The van der Waals surface area contributed by atoms with Gasteiger partial charge in [0, 0.05) is 5.69 Å². The van der Waals surface area contributed by atoms with E-state index in [9.17, 15) is 13.2 Å². The van der Waals surface area contributed by atoms with Crippen molar-refractivity contribution in [3.8, 4) is 0 Å². The second-order valence-electron chi connectivity index (χ2n) is 3.47. The summed E-state index contributed by atoms with van der Waals surface area (Å²) in [5.41, 5.74) is 9.74. The Labute approximate surface area is 96.5 Å². The Hall–Kier alpha value is -1.76. The molecule has 1 aromatic carbocycles. The quantitative estimate of drug-likeness (QED) is 0.434. The van der Waals surface area contributed by atoms with Gasteiger partial charge >= 0.3 is 6.18 Å². The molecule has 0 saturated heterocycles. The molecule has 94 valence electrons. The van der Waals surface area contributed by atoms with E-state index >= 15 is 0 Å². The van der Waals surface area contributed by atoms with Crippen molar-refractivity contribution in [2.75, 3.05) is 11.1 Å². The lowest BCUT2D eigenvalue weighted by atomic mass is 10.1. The Kier molecular flexibility index (Phi) is 3.95. The van der Waals surface area contributed by atoms with Crippen LogP contribution in [-0.2, 0) is 6.18 Å². The van der Waals surface area contributed by atoms with E-state index in [4.69, 9.17) is 11.5 Å². The summed E-state index contributed by atoms with van der Waals surface area (Å²) in [5.74, 6) is 0. The topological polar surface area (TPSA) is 76.4 Å². The van der Waals surface area contributed by atoms with Crippen LogP contribution in [0.5, 0.6) is 0 Å². The largest absolute Gasteiger partial charge is 0.418 e. The molecule has 0 heterocycles. The van der Waals surface area contributed by atoms with E-state index in [0.717, 1.165) is 12.4 Å². The number of hydrogen-bond donors (Lipinski definition) is 3. The van der Waals surface area contributed by atoms with Crippen molar-refractivity contribution in [3.63, 3.8) is 0 Å². The Balaban J connectivity index is 2.99. The van der Waals surface area contributed by atoms with Crippen LogP contribution in [0, 0.1) is 0 Å². The summed E-state index contributed by atoms with van der Waals surface area (Å²) in [6.07, 6.45) is -3.82. The molecule has 0 aliphatic rings. The molecule has 7 heteroatoms. The summed E-state index contributed by atoms with van der Waals surface area (Å²) in [4.78, 5) is 3.71. The van der Waals surface area contributed by atoms with Gasteiger partial charge in [0.1, 0.15) is 0 Å². The van der Waals surface area contributed by atoms with E-state index in [1.54, 1.807) is 6.92 Å². The van der Waals surface area contributed by atoms with Crippen LogP contribution < -0.4 is 16.8 Å². The lowest BCUT2D eigenvalue weighted by Gasteiger charge is -2.13. The van der Waals surface area contributed by atoms with Gasteiger partial charge in [0.05, 0.1) is 23.8 Å². The molecular formula is C10H13F3N4. The van der Waals surface area contributed by atoms with Gasteiger partial charge in [-0.25, -0.2) is 0 Å². The molecule has 0 aromatic heterocycles. The predicted molar refractivity (Wildman–Crippen MR) is 61.6 cm³/mol. The van der Waals surface area contributed by atoms with E-state index < -0.39 is 17.9 Å². The molecule has 0 bridgehead atoms. The lowest BCUT2D eigenvalue weighted by molar-refractivity contribution is -0.136. The second-order valence-corrected chi connectivity index (χ2v) is 3.47. The third kappa shape index (κ3) is 3.95. The molecule has 1 unspecified atom stereocenters. The van der Waals surface area contributed by atoms with Crippen LogP contribution in [0.2, 0.25) is 0 Å². The summed E-state index contributed by atoms with van der Waals surface area (Å²) in [5, 5.41) is 2.43. The maximum atomic E-state index is 12.6. The fraction of sp³-hybridized carbons (Fsp3) is 0.300. The van der Waals surface area contributed by atoms with Gasteiger partial charge in [-0.15, -0.1) is 0 Å². The molecule has 0 aliphatic heterocycles. The molecule has 4 nitrogen and oxygen atoms in total. The standard InChI is InChI=1S/C10H13F3N4/c1-6(14)16-5-17-9-3-2-7(15)4-8(9)10(11,12)13/h2-6H,14-15H2,1H3,(H,16,17). The molecule has 0 aliphatic carbocycles. The zero-order valence-corrected chi connectivity index (χ0v) is 9.12. The van der Waals surface area contributed by atoms with Gasteiger partial charge in [-0.2, -0.15) is 13.2 Å². The van der Waals surface area contributed by atoms with Gasteiger partial charge < -0.3 is 16.8 Å². The minimum atomic E-state index is -4.47. The maximum absolute atomic E-state index is 12.6. The molecule has 0 spiro atoms. The highest BCUT2D eigenvalue weighted by atomic mass is 19.4. The molecule has 1 aromatic rings. The van der Waals surface area contributed by atoms with E-state index in [-0.39, 0.29) is 11.4 Å². The number of rotatable bonds is 3. The Morgan fingerprint density at radius 2 is 2.06 bits per heavy atom. The number of nitrogen functional groups attached to an aromatic ring is 1. The summed E-state index contributed by atoms with van der Waals surface area (Å²) < 4.78 is 37.9. The first-order chi connectivity index (χ1) is 7.80. The fourth-order valence-corrected chi connectivity index (χ4v) is 1.15. The van der Waals surface area contributed by atoms with Crippen molar-refractivity contribution in [1.82, 2.24) is 0 Å². The van der Waals surface area contributed by atoms with Crippen LogP contribution >= 0.6 is 0 Å². The third-order valence-corrected chi connectivity index (χ3v) is 1.88. The minimum Gasteiger partial charge on any atom is -0.399 e. The molecule has 0 fully saturated rings. The molecule has 0 radical (unpaired) electrons. The van der Waals surface area contributed by atoms with Crippen LogP contribution in [0.3, 0.4) is 0 Å². The fourth-order valence-electron chi connectivity index (χ4n) is 1.15. The van der Waals surface area contributed by atoms with Crippen molar-refractivity contribution < 1.29 is 13.2 Å². The van der Waals surface area contributed by atoms with Crippen LogP contribution in [-0.4, -0.2) is 12.5 Å². The molecule has 0 saturated carbocycles. The van der Waals surface area contributed by atoms with Crippen molar-refractivity contribution in [3.05, 3.63) is 23.8 Å². The Morgan fingerprint density at radius 3 is 2.59 bits per heavy atom. The number of aliphatic imine (C=N–C) groups is 1. The first kappa shape index (κ1) is 13.3. The SMILES string of the molecule is CC(N)N=CNc1ccc(N)cc1C(F)(F)F.